The maximum absolute atomic E-state index is 13.4. The molecule has 0 bridgehead atoms. The van der Waals surface area contributed by atoms with E-state index in [-0.39, 0.29) is 10.8 Å². The third kappa shape index (κ3) is 5.35. The Morgan fingerprint density at radius 3 is 2.82 bits per heavy atom. The van der Waals surface area contributed by atoms with E-state index in [2.05, 4.69) is 5.32 Å². The Morgan fingerprint density at radius 2 is 2.06 bits per heavy atom. The van der Waals surface area contributed by atoms with Crippen molar-refractivity contribution < 1.29 is 13.9 Å². The summed E-state index contributed by atoms with van der Waals surface area (Å²) in [5.74, 6) is -0.326. The summed E-state index contributed by atoms with van der Waals surface area (Å²) in [4.78, 5) is 0. The smallest absolute Gasteiger partial charge is 0.183 e. The largest absolute Gasteiger partial charge is 0.489 e. The molecule has 0 aliphatic heterocycles. The molecular weight excluding hydrogens is 245 g/mol. The summed E-state index contributed by atoms with van der Waals surface area (Å²) < 4.78 is 23.8. The number of ether oxygens (including phenoxy) is 2. The maximum Gasteiger partial charge on any atom is 0.183 e. The standard InChI is InChI=1S/C12H17ClFNO2/c1-2-16-8-6-15-7-9-17-11-5-3-4-10(13)12(11)14/h3-5,15H,2,6-9H2,1H3. The van der Waals surface area contributed by atoms with Gasteiger partial charge in [-0.2, -0.15) is 0 Å². The Kier molecular flexibility index (Phi) is 6.93. The molecule has 0 radical (unpaired) electrons. The van der Waals surface area contributed by atoms with Crippen molar-refractivity contribution in [1.82, 2.24) is 5.32 Å². The molecule has 0 unspecified atom stereocenters. The van der Waals surface area contributed by atoms with E-state index in [0.717, 1.165) is 6.54 Å². The first kappa shape index (κ1) is 14.2. The molecular formula is C12H17ClFNO2. The minimum atomic E-state index is -0.511. The van der Waals surface area contributed by atoms with E-state index in [1.807, 2.05) is 6.92 Å². The van der Waals surface area contributed by atoms with Gasteiger partial charge in [0.1, 0.15) is 6.61 Å². The maximum atomic E-state index is 13.4. The van der Waals surface area contributed by atoms with Gasteiger partial charge in [-0.1, -0.05) is 17.7 Å². The van der Waals surface area contributed by atoms with Crippen LogP contribution in [-0.4, -0.2) is 32.9 Å². The monoisotopic (exact) mass is 261 g/mol. The lowest BCUT2D eigenvalue weighted by atomic mass is 10.3. The highest BCUT2D eigenvalue weighted by Gasteiger charge is 2.06. The second kappa shape index (κ2) is 8.28. The Balaban J connectivity index is 2.16. The second-order valence-corrected chi connectivity index (χ2v) is 3.75. The van der Waals surface area contributed by atoms with E-state index < -0.39 is 5.82 Å². The minimum Gasteiger partial charge on any atom is -0.489 e. The van der Waals surface area contributed by atoms with Crippen molar-refractivity contribution in [3.8, 4) is 5.75 Å². The molecule has 1 N–H and O–H groups in total. The molecule has 0 saturated carbocycles. The number of rotatable bonds is 8. The molecule has 0 amide bonds. The zero-order valence-corrected chi connectivity index (χ0v) is 10.6. The van der Waals surface area contributed by atoms with Crippen LogP contribution < -0.4 is 10.1 Å². The van der Waals surface area contributed by atoms with Crippen molar-refractivity contribution >= 4 is 11.6 Å². The first-order valence-corrected chi connectivity index (χ1v) is 5.98. The van der Waals surface area contributed by atoms with E-state index >= 15 is 0 Å². The van der Waals surface area contributed by atoms with Crippen LogP contribution in [0.25, 0.3) is 0 Å². The molecule has 0 spiro atoms. The average Bonchev–Trinajstić information content (AvgIpc) is 2.33. The summed E-state index contributed by atoms with van der Waals surface area (Å²) in [5, 5.41) is 3.19. The van der Waals surface area contributed by atoms with Gasteiger partial charge in [-0.25, -0.2) is 4.39 Å². The van der Waals surface area contributed by atoms with Gasteiger partial charge in [0.25, 0.3) is 0 Å². The summed E-state index contributed by atoms with van der Waals surface area (Å²) in [6.07, 6.45) is 0. The van der Waals surface area contributed by atoms with Crippen LogP contribution >= 0.6 is 11.6 Å². The lowest BCUT2D eigenvalue weighted by Crippen LogP contribution is -2.25. The molecule has 1 aromatic rings. The molecule has 17 heavy (non-hydrogen) atoms. The molecule has 0 saturated heterocycles. The van der Waals surface area contributed by atoms with Crippen molar-refractivity contribution in [1.29, 1.82) is 0 Å². The van der Waals surface area contributed by atoms with Crippen molar-refractivity contribution in [3.63, 3.8) is 0 Å². The third-order valence-corrected chi connectivity index (χ3v) is 2.37. The molecule has 96 valence electrons. The molecule has 0 atom stereocenters. The van der Waals surface area contributed by atoms with Gasteiger partial charge in [-0.15, -0.1) is 0 Å². The SMILES string of the molecule is CCOCCNCCOc1cccc(Cl)c1F. The van der Waals surface area contributed by atoms with Crippen LogP contribution in [0.15, 0.2) is 18.2 Å². The highest BCUT2D eigenvalue weighted by Crippen LogP contribution is 2.23. The van der Waals surface area contributed by atoms with Crippen molar-refractivity contribution in [2.75, 3.05) is 32.9 Å². The molecule has 3 nitrogen and oxygen atoms in total. The van der Waals surface area contributed by atoms with Crippen LogP contribution in [0.2, 0.25) is 5.02 Å². The van der Waals surface area contributed by atoms with Crippen LogP contribution in [0.4, 0.5) is 4.39 Å². The molecule has 0 aliphatic rings. The lowest BCUT2D eigenvalue weighted by molar-refractivity contribution is 0.148. The van der Waals surface area contributed by atoms with Crippen LogP contribution in [-0.2, 0) is 4.74 Å². The summed E-state index contributed by atoms with van der Waals surface area (Å²) in [5.41, 5.74) is 0. The van der Waals surface area contributed by atoms with Crippen LogP contribution in [0, 0.1) is 5.82 Å². The third-order valence-electron chi connectivity index (χ3n) is 2.08. The van der Waals surface area contributed by atoms with E-state index in [4.69, 9.17) is 21.1 Å². The zero-order valence-electron chi connectivity index (χ0n) is 9.84. The first-order chi connectivity index (χ1) is 8.25. The minimum absolute atomic E-state index is 0.0757. The van der Waals surface area contributed by atoms with Gasteiger partial charge in [-0.3, -0.25) is 0 Å². The number of hydrogen-bond acceptors (Lipinski definition) is 3. The summed E-state index contributed by atoms with van der Waals surface area (Å²) in [6, 6.07) is 4.70. The average molecular weight is 262 g/mol. The van der Waals surface area contributed by atoms with Gasteiger partial charge in [0.15, 0.2) is 11.6 Å². The number of nitrogens with one attached hydrogen (secondary N) is 1. The fraction of sp³-hybridized carbons (Fsp3) is 0.500. The Hall–Kier alpha value is -0.840. The van der Waals surface area contributed by atoms with Crippen molar-refractivity contribution in [3.05, 3.63) is 29.0 Å². The number of halogens is 2. The van der Waals surface area contributed by atoms with Crippen LogP contribution in [0.3, 0.4) is 0 Å². The fourth-order valence-electron chi connectivity index (χ4n) is 1.24. The first-order valence-electron chi connectivity index (χ1n) is 5.61. The predicted octanol–water partition coefficient (Wildman–Crippen LogP) is 2.48. The van der Waals surface area contributed by atoms with Gasteiger partial charge in [0.05, 0.1) is 11.6 Å². The van der Waals surface area contributed by atoms with E-state index in [1.54, 1.807) is 12.1 Å². The molecule has 0 aliphatic carbocycles. The van der Waals surface area contributed by atoms with Crippen molar-refractivity contribution in [2.45, 2.75) is 6.92 Å². The fourth-order valence-corrected chi connectivity index (χ4v) is 1.41. The molecule has 0 fully saturated rings. The van der Waals surface area contributed by atoms with E-state index in [9.17, 15) is 4.39 Å². The normalized spacial score (nSPS) is 10.5. The van der Waals surface area contributed by atoms with E-state index in [1.165, 1.54) is 6.07 Å². The van der Waals surface area contributed by atoms with E-state index in [0.29, 0.717) is 26.4 Å². The van der Waals surface area contributed by atoms with Crippen LogP contribution in [0.5, 0.6) is 5.75 Å². The van der Waals surface area contributed by atoms with Gasteiger partial charge in [0, 0.05) is 19.7 Å². The number of hydrogen-bond donors (Lipinski definition) is 1. The Morgan fingerprint density at radius 1 is 1.29 bits per heavy atom. The molecule has 0 aromatic heterocycles. The van der Waals surface area contributed by atoms with Gasteiger partial charge >= 0.3 is 0 Å². The second-order valence-electron chi connectivity index (χ2n) is 3.35. The summed E-state index contributed by atoms with van der Waals surface area (Å²) in [7, 11) is 0. The van der Waals surface area contributed by atoms with Crippen LogP contribution in [0.1, 0.15) is 6.92 Å². The highest BCUT2D eigenvalue weighted by molar-refractivity contribution is 6.30. The Labute approximate surface area is 106 Å². The topological polar surface area (TPSA) is 30.5 Å². The molecule has 1 aromatic carbocycles. The lowest BCUT2D eigenvalue weighted by Gasteiger charge is -2.08. The van der Waals surface area contributed by atoms with Gasteiger partial charge in [-0.05, 0) is 19.1 Å². The summed E-state index contributed by atoms with van der Waals surface area (Å²) in [6.45, 7) is 5.12. The predicted molar refractivity (Wildman–Crippen MR) is 66.3 cm³/mol. The van der Waals surface area contributed by atoms with Crippen molar-refractivity contribution in [2.24, 2.45) is 0 Å². The van der Waals surface area contributed by atoms with Gasteiger partial charge < -0.3 is 14.8 Å². The highest BCUT2D eigenvalue weighted by atomic mass is 35.5. The molecule has 0 heterocycles. The number of benzene rings is 1. The zero-order chi connectivity index (χ0) is 12.5. The molecule has 5 heteroatoms. The molecule has 1 rings (SSSR count). The van der Waals surface area contributed by atoms with Gasteiger partial charge in [0.2, 0.25) is 0 Å². The Bertz CT molecular complexity index is 336. The summed E-state index contributed by atoms with van der Waals surface area (Å²) >= 11 is 5.62. The quantitative estimate of drug-likeness (QED) is 0.730.